The van der Waals surface area contributed by atoms with E-state index in [9.17, 15) is 4.79 Å². The fourth-order valence-corrected chi connectivity index (χ4v) is 3.78. The molecule has 3 aromatic rings. The molecule has 0 bridgehead atoms. The third-order valence-electron chi connectivity index (χ3n) is 5.25. The lowest BCUT2D eigenvalue weighted by Crippen LogP contribution is -2.46. The number of benzene rings is 3. The van der Waals surface area contributed by atoms with Crippen LogP contribution in [0.15, 0.2) is 78.9 Å². The maximum Gasteiger partial charge on any atom is 0.255 e. The fourth-order valence-electron chi connectivity index (χ4n) is 3.58. The van der Waals surface area contributed by atoms with Crippen LogP contribution in [-0.4, -0.2) is 37.0 Å². The molecule has 1 N–H and O–H groups in total. The van der Waals surface area contributed by atoms with Gasteiger partial charge in [0.05, 0.1) is 0 Å². The predicted molar refractivity (Wildman–Crippen MR) is 120 cm³/mol. The van der Waals surface area contributed by atoms with E-state index in [1.165, 1.54) is 11.3 Å². The maximum atomic E-state index is 12.3. The van der Waals surface area contributed by atoms with E-state index in [1.807, 2.05) is 60.7 Å². The van der Waals surface area contributed by atoms with Gasteiger partial charge < -0.3 is 10.2 Å². The molecule has 0 unspecified atom stereocenters. The lowest BCUT2D eigenvalue weighted by molar-refractivity contribution is 0.102. The minimum Gasteiger partial charge on any atom is -0.369 e. The fraction of sp³-hybridized carbons (Fsp3) is 0.208. The van der Waals surface area contributed by atoms with Crippen molar-refractivity contribution in [1.82, 2.24) is 4.90 Å². The van der Waals surface area contributed by atoms with E-state index in [-0.39, 0.29) is 5.91 Å². The molecule has 4 nitrogen and oxygen atoms in total. The van der Waals surface area contributed by atoms with Crippen LogP contribution in [0.25, 0.3) is 0 Å². The predicted octanol–water partition coefficient (Wildman–Crippen LogP) is 4.91. The molecule has 0 saturated carbocycles. The molecule has 3 aromatic carbocycles. The maximum absolute atomic E-state index is 12.3. The molecule has 1 saturated heterocycles. The van der Waals surface area contributed by atoms with Gasteiger partial charge in [-0.25, -0.2) is 0 Å². The number of carbonyl (C=O) groups excluding carboxylic acids is 1. The van der Waals surface area contributed by atoms with Crippen LogP contribution >= 0.6 is 11.6 Å². The number of carbonyl (C=O) groups is 1. The number of rotatable bonds is 5. The second-order valence-corrected chi connectivity index (χ2v) is 7.63. The smallest absolute Gasteiger partial charge is 0.255 e. The molecule has 5 heteroatoms. The van der Waals surface area contributed by atoms with Crippen molar-refractivity contribution in [3.63, 3.8) is 0 Å². The second kappa shape index (κ2) is 9.12. The van der Waals surface area contributed by atoms with Crippen LogP contribution in [0.4, 0.5) is 11.4 Å². The highest BCUT2D eigenvalue weighted by molar-refractivity contribution is 6.31. The zero-order valence-electron chi connectivity index (χ0n) is 16.2. The van der Waals surface area contributed by atoms with Gasteiger partial charge in [0.15, 0.2) is 0 Å². The Morgan fingerprint density at radius 2 is 1.48 bits per heavy atom. The van der Waals surface area contributed by atoms with Gasteiger partial charge in [0, 0.05) is 54.7 Å². The number of amides is 1. The first-order valence-corrected chi connectivity index (χ1v) is 10.2. The number of nitrogens with zero attached hydrogens (tertiary/aromatic N) is 2. The van der Waals surface area contributed by atoms with E-state index in [1.54, 1.807) is 0 Å². The summed E-state index contributed by atoms with van der Waals surface area (Å²) in [5.41, 5.74) is 3.83. The normalized spacial score (nSPS) is 14.6. The third-order valence-corrected chi connectivity index (χ3v) is 5.62. The number of anilines is 2. The van der Waals surface area contributed by atoms with E-state index in [2.05, 4.69) is 33.3 Å². The van der Waals surface area contributed by atoms with Crippen molar-refractivity contribution in [2.45, 2.75) is 6.54 Å². The standard InChI is InChI=1S/C24H24ClN3O/c25-23-9-5-4-8-20(23)18-27-14-16-28(17-15-27)22-12-10-21(11-13-22)26-24(29)19-6-2-1-3-7-19/h1-13H,14-18H2,(H,26,29). The van der Waals surface area contributed by atoms with Crippen LogP contribution in [0.1, 0.15) is 15.9 Å². The zero-order valence-corrected chi connectivity index (χ0v) is 17.0. The quantitative estimate of drug-likeness (QED) is 0.654. The Bertz CT molecular complexity index is 951. The van der Waals surface area contributed by atoms with Crippen molar-refractivity contribution in [1.29, 1.82) is 0 Å². The van der Waals surface area contributed by atoms with Gasteiger partial charge in [0.25, 0.3) is 5.91 Å². The highest BCUT2D eigenvalue weighted by Crippen LogP contribution is 2.22. The Balaban J connectivity index is 1.31. The summed E-state index contributed by atoms with van der Waals surface area (Å²) >= 11 is 6.29. The van der Waals surface area contributed by atoms with E-state index < -0.39 is 0 Å². The first-order chi connectivity index (χ1) is 14.2. The molecule has 1 aliphatic heterocycles. The zero-order chi connectivity index (χ0) is 20.1. The largest absolute Gasteiger partial charge is 0.369 e. The van der Waals surface area contributed by atoms with Crippen molar-refractivity contribution in [2.24, 2.45) is 0 Å². The summed E-state index contributed by atoms with van der Waals surface area (Å²) in [6.07, 6.45) is 0. The van der Waals surface area contributed by atoms with Gasteiger partial charge in [-0.05, 0) is 48.0 Å². The Morgan fingerprint density at radius 3 is 2.17 bits per heavy atom. The molecule has 29 heavy (non-hydrogen) atoms. The van der Waals surface area contributed by atoms with Crippen LogP contribution in [0.3, 0.4) is 0 Å². The lowest BCUT2D eigenvalue weighted by atomic mass is 10.1. The molecule has 0 radical (unpaired) electrons. The summed E-state index contributed by atoms with van der Waals surface area (Å²) in [7, 11) is 0. The van der Waals surface area contributed by atoms with Crippen LogP contribution in [-0.2, 0) is 6.54 Å². The molecule has 1 aliphatic rings. The van der Waals surface area contributed by atoms with E-state index >= 15 is 0 Å². The first kappa shape index (κ1) is 19.5. The number of nitrogens with one attached hydrogen (secondary N) is 1. The van der Waals surface area contributed by atoms with Gasteiger partial charge in [-0.15, -0.1) is 0 Å². The van der Waals surface area contributed by atoms with Crippen LogP contribution < -0.4 is 10.2 Å². The first-order valence-electron chi connectivity index (χ1n) is 9.86. The molecule has 148 valence electrons. The summed E-state index contributed by atoms with van der Waals surface area (Å²) in [5, 5.41) is 3.79. The Kier molecular flexibility index (Phi) is 6.13. The van der Waals surface area contributed by atoms with E-state index in [0.717, 1.165) is 43.4 Å². The summed E-state index contributed by atoms with van der Waals surface area (Å²) < 4.78 is 0. The van der Waals surface area contributed by atoms with Crippen molar-refractivity contribution in [3.05, 3.63) is 95.0 Å². The molecular formula is C24H24ClN3O. The molecule has 1 amide bonds. The molecular weight excluding hydrogens is 382 g/mol. The Morgan fingerprint density at radius 1 is 0.828 bits per heavy atom. The Hall–Kier alpha value is -2.82. The molecule has 1 fully saturated rings. The number of hydrogen-bond donors (Lipinski definition) is 1. The minimum absolute atomic E-state index is 0.0912. The highest BCUT2D eigenvalue weighted by atomic mass is 35.5. The Labute approximate surface area is 176 Å². The highest BCUT2D eigenvalue weighted by Gasteiger charge is 2.18. The SMILES string of the molecule is O=C(Nc1ccc(N2CCN(Cc3ccccc3Cl)CC2)cc1)c1ccccc1. The number of halogens is 1. The van der Waals surface area contributed by atoms with E-state index in [4.69, 9.17) is 11.6 Å². The molecule has 0 spiro atoms. The van der Waals surface area contributed by atoms with Gasteiger partial charge in [-0.2, -0.15) is 0 Å². The van der Waals surface area contributed by atoms with Crippen molar-refractivity contribution in [3.8, 4) is 0 Å². The topological polar surface area (TPSA) is 35.6 Å². The molecule has 4 rings (SSSR count). The number of piperazine rings is 1. The lowest BCUT2D eigenvalue weighted by Gasteiger charge is -2.36. The monoisotopic (exact) mass is 405 g/mol. The van der Waals surface area contributed by atoms with Gasteiger partial charge in [-0.1, -0.05) is 48.0 Å². The van der Waals surface area contributed by atoms with Crippen LogP contribution in [0, 0.1) is 0 Å². The van der Waals surface area contributed by atoms with Crippen LogP contribution in [0.2, 0.25) is 5.02 Å². The van der Waals surface area contributed by atoms with Crippen molar-refractivity contribution < 1.29 is 4.79 Å². The minimum atomic E-state index is -0.0912. The molecule has 0 atom stereocenters. The average molecular weight is 406 g/mol. The third kappa shape index (κ3) is 4.97. The summed E-state index contributed by atoms with van der Waals surface area (Å²) in [4.78, 5) is 17.1. The average Bonchev–Trinajstić information content (AvgIpc) is 2.77. The molecule has 0 aliphatic carbocycles. The molecule has 1 heterocycles. The summed E-state index contributed by atoms with van der Waals surface area (Å²) in [6, 6.07) is 25.4. The summed E-state index contributed by atoms with van der Waals surface area (Å²) in [6.45, 7) is 4.83. The number of hydrogen-bond acceptors (Lipinski definition) is 3. The van der Waals surface area contributed by atoms with Gasteiger partial charge >= 0.3 is 0 Å². The van der Waals surface area contributed by atoms with E-state index in [0.29, 0.717) is 5.56 Å². The molecule has 0 aromatic heterocycles. The van der Waals surface area contributed by atoms with Gasteiger partial charge in [0.2, 0.25) is 0 Å². The summed E-state index contributed by atoms with van der Waals surface area (Å²) in [5.74, 6) is -0.0912. The van der Waals surface area contributed by atoms with Gasteiger partial charge in [-0.3, -0.25) is 9.69 Å². The van der Waals surface area contributed by atoms with Crippen molar-refractivity contribution in [2.75, 3.05) is 36.4 Å². The van der Waals surface area contributed by atoms with Gasteiger partial charge in [0.1, 0.15) is 0 Å². The second-order valence-electron chi connectivity index (χ2n) is 7.22. The van der Waals surface area contributed by atoms with Crippen LogP contribution in [0.5, 0.6) is 0 Å². The van der Waals surface area contributed by atoms with Crippen molar-refractivity contribution >= 4 is 28.9 Å².